The first-order chi connectivity index (χ1) is 12.0. The van der Waals surface area contributed by atoms with Crippen molar-refractivity contribution in [3.8, 4) is 0 Å². The molecule has 0 radical (unpaired) electrons. The molecule has 0 saturated carbocycles. The van der Waals surface area contributed by atoms with Crippen LogP contribution in [0.15, 0.2) is 47.4 Å². The highest BCUT2D eigenvalue weighted by Crippen LogP contribution is 2.34. The van der Waals surface area contributed by atoms with Crippen LogP contribution in [0.3, 0.4) is 0 Å². The fourth-order valence-corrected chi connectivity index (χ4v) is 3.48. The van der Waals surface area contributed by atoms with Crippen LogP contribution >= 0.6 is 0 Å². The van der Waals surface area contributed by atoms with Gasteiger partial charge in [-0.3, -0.25) is 9.59 Å². The van der Waals surface area contributed by atoms with Crippen LogP contribution in [-0.4, -0.2) is 40.6 Å². The van der Waals surface area contributed by atoms with Crippen LogP contribution in [0.25, 0.3) is 0 Å². The van der Waals surface area contributed by atoms with E-state index in [2.05, 4.69) is 4.98 Å². The van der Waals surface area contributed by atoms with Crippen LogP contribution in [0.1, 0.15) is 28.8 Å². The molecule has 25 heavy (non-hydrogen) atoms. The lowest BCUT2D eigenvalue weighted by molar-refractivity contribution is 0.0268. The summed E-state index contributed by atoms with van der Waals surface area (Å²) in [5.74, 6) is -0.485. The number of halogens is 1. The second kappa shape index (κ2) is 7.19. The lowest BCUT2D eigenvalue weighted by Gasteiger charge is -2.42. The minimum Gasteiger partial charge on any atom is -0.396 e. The third kappa shape index (κ3) is 3.79. The molecule has 1 atom stereocenters. The molecular formula is C19H21FN2O3. The lowest BCUT2D eigenvalue weighted by atomic mass is 9.75. The molecule has 1 aromatic carbocycles. The summed E-state index contributed by atoms with van der Waals surface area (Å²) in [6.07, 6.45) is 3.25. The Bertz CT molecular complexity index is 800. The predicted octanol–water partition coefficient (Wildman–Crippen LogP) is 1.97. The topological polar surface area (TPSA) is 73.4 Å². The fraction of sp³-hybridized carbons (Fsp3) is 0.368. The van der Waals surface area contributed by atoms with Crippen molar-refractivity contribution in [2.45, 2.75) is 19.3 Å². The molecule has 0 bridgehead atoms. The van der Waals surface area contributed by atoms with Gasteiger partial charge in [-0.2, -0.15) is 0 Å². The van der Waals surface area contributed by atoms with Crippen molar-refractivity contribution in [1.29, 1.82) is 0 Å². The summed E-state index contributed by atoms with van der Waals surface area (Å²) >= 11 is 0. The van der Waals surface area contributed by atoms with Gasteiger partial charge in [0.1, 0.15) is 5.82 Å². The van der Waals surface area contributed by atoms with Crippen LogP contribution in [0.2, 0.25) is 0 Å². The molecule has 1 amide bonds. The van der Waals surface area contributed by atoms with Crippen LogP contribution in [0.5, 0.6) is 0 Å². The summed E-state index contributed by atoms with van der Waals surface area (Å²) in [5, 5.41) is 9.99. The Balaban J connectivity index is 1.80. The van der Waals surface area contributed by atoms with Gasteiger partial charge in [0.2, 0.25) is 5.56 Å². The molecule has 1 aliphatic heterocycles. The highest BCUT2D eigenvalue weighted by molar-refractivity contribution is 5.94. The summed E-state index contributed by atoms with van der Waals surface area (Å²) in [4.78, 5) is 28.0. The Labute approximate surface area is 145 Å². The van der Waals surface area contributed by atoms with E-state index in [1.165, 1.54) is 24.4 Å². The van der Waals surface area contributed by atoms with Gasteiger partial charge in [-0.15, -0.1) is 0 Å². The summed E-state index contributed by atoms with van der Waals surface area (Å²) < 4.78 is 14.0. The second-order valence-corrected chi connectivity index (χ2v) is 6.70. The van der Waals surface area contributed by atoms with Gasteiger partial charge in [-0.25, -0.2) is 4.39 Å². The van der Waals surface area contributed by atoms with E-state index in [0.717, 1.165) is 12.8 Å². The number of aliphatic hydroxyl groups is 1. The van der Waals surface area contributed by atoms with Crippen LogP contribution in [0, 0.1) is 11.2 Å². The zero-order valence-electron chi connectivity index (χ0n) is 13.9. The zero-order valence-corrected chi connectivity index (χ0v) is 13.9. The number of piperidine rings is 1. The van der Waals surface area contributed by atoms with Crippen LogP contribution in [-0.2, 0) is 6.42 Å². The standard InChI is InChI=1S/C19H21FN2O3/c20-16-5-2-1-4-14(16)10-19(13-23)8-3-9-22(12-19)18(25)15-6-7-17(24)21-11-15/h1-2,4-7,11,23H,3,8-10,12-13H2,(H,21,24)/t19-/m1/s1. The number of amides is 1. The molecule has 1 aromatic heterocycles. The number of carbonyl (C=O) groups excluding carboxylic acids is 1. The maximum Gasteiger partial charge on any atom is 0.255 e. The third-order valence-corrected chi connectivity index (χ3v) is 4.84. The van der Waals surface area contributed by atoms with E-state index in [1.807, 2.05) is 0 Å². The maximum absolute atomic E-state index is 14.0. The van der Waals surface area contributed by atoms with E-state index in [1.54, 1.807) is 23.1 Å². The van der Waals surface area contributed by atoms with Gasteiger partial charge in [0.25, 0.3) is 5.91 Å². The smallest absolute Gasteiger partial charge is 0.255 e. The first kappa shape index (κ1) is 17.4. The van der Waals surface area contributed by atoms with Crippen LogP contribution in [0.4, 0.5) is 4.39 Å². The van der Waals surface area contributed by atoms with Crippen molar-refractivity contribution >= 4 is 5.91 Å². The number of aliphatic hydroxyl groups excluding tert-OH is 1. The summed E-state index contributed by atoms with van der Waals surface area (Å²) in [6, 6.07) is 9.35. The Kier molecular flexibility index (Phi) is 4.99. The van der Waals surface area contributed by atoms with E-state index in [9.17, 15) is 19.1 Å². The van der Waals surface area contributed by atoms with E-state index in [-0.39, 0.29) is 23.9 Å². The quantitative estimate of drug-likeness (QED) is 0.891. The van der Waals surface area contributed by atoms with E-state index >= 15 is 0 Å². The minimum absolute atomic E-state index is 0.114. The van der Waals surface area contributed by atoms with Gasteiger partial charge in [0.15, 0.2) is 0 Å². The molecule has 0 aliphatic carbocycles. The SMILES string of the molecule is O=C(c1ccc(=O)[nH]c1)N1CCC[C@@](CO)(Cc2ccccc2F)C1. The Morgan fingerprint density at radius 1 is 1.28 bits per heavy atom. The molecule has 1 fully saturated rings. The number of carbonyl (C=O) groups is 1. The largest absolute Gasteiger partial charge is 0.396 e. The number of hydrogen-bond donors (Lipinski definition) is 2. The lowest BCUT2D eigenvalue weighted by Crippen LogP contribution is -2.49. The van der Waals surface area contributed by atoms with Crippen molar-refractivity contribution in [2.75, 3.05) is 19.7 Å². The first-order valence-corrected chi connectivity index (χ1v) is 8.35. The van der Waals surface area contributed by atoms with Crippen molar-refractivity contribution in [1.82, 2.24) is 9.88 Å². The molecule has 0 unspecified atom stereocenters. The van der Waals surface area contributed by atoms with Crippen molar-refractivity contribution in [3.63, 3.8) is 0 Å². The van der Waals surface area contributed by atoms with Crippen molar-refractivity contribution in [3.05, 3.63) is 69.9 Å². The number of benzene rings is 1. The molecule has 1 saturated heterocycles. The molecule has 2 aromatic rings. The number of nitrogens with one attached hydrogen (secondary N) is 1. The molecule has 6 heteroatoms. The number of aromatic nitrogens is 1. The Hall–Kier alpha value is -2.47. The predicted molar refractivity (Wildman–Crippen MR) is 91.8 cm³/mol. The molecule has 0 spiro atoms. The minimum atomic E-state index is -0.557. The molecule has 1 aliphatic rings. The molecule has 3 rings (SSSR count). The summed E-state index contributed by atoms with van der Waals surface area (Å²) in [6.45, 7) is 0.823. The number of aromatic amines is 1. The van der Waals surface area contributed by atoms with Gasteiger partial charge in [0.05, 0.1) is 12.2 Å². The van der Waals surface area contributed by atoms with Crippen LogP contribution < -0.4 is 5.56 Å². The van der Waals surface area contributed by atoms with Crippen molar-refractivity contribution < 1.29 is 14.3 Å². The number of likely N-dealkylation sites (tertiary alicyclic amines) is 1. The van der Waals surface area contributed by atoms with Gasteiger partial charge in [0, 0.05) is 30.8 Å². The maximum atomic E-state index is 14.0. The number of nitrogens with zero attached hydrogens (tertiary/aromatic N) is 1. The second-order valence-electron chi connectivity index (χ2n) is 6.70. The van der Waals surface area contributed by atoms with Gasteiger partial charge < -0.3 is 15.0 Å². The van der Waals surface area contributed by atoms with Crippen molar-refractivity contribution in [2.24, 2.45) is 5.41 Å². The summed E-state index contributed by atoms with van der Waals surface area (Å²) in [7, 11) is 0. The number of H-pyrrole nitrogens is 1. The highest BCUT2D eigenvalue weighted by atomic mass is 19.1. The summed E-state index contributed by atoms with van der Waals surface area (Å²) in [5.41, 5.74) is 0.131. The monoisotopic (exact) mass is 344 g/mol. The van der Waals surface area contributed by atoms with E-state index in [0.29, 0.717) is 30.6 Å². The average Bonchev–Trinajstić information content (AvgIpc) is 2.64. The number of hydrogen-bond acceptors (Lipinski definition) is 3. The van der Waals surface area contributed by atoms with Gasteiger partial charge >= 0.3 is 0 Å². The van der Waals surface area contributed by atoms with Gasteiger partial charge in [-0.05, 0) is 37.0 Å². The molecular weight excluding hydrogens is 323 g/mol. The Morgan fingerprint density at radius 2 is 2.08 bits per heavy atom. The number of rotatable bonds is 4. The Morgan fingerprint density at radius 3 is 2.76 bits per heavy atom. The number of pyridine rings is 1. The highest BCUT2D eigenvalue weighted by Gasteiger charge is 2.37. The fourth-order valence-electron chi connectivity index (χ4n) is 3.48. The molecule has 5 nitrogen and oxygen atoms in total. The zero-order chi connectivity index (χ0) is 17.9. The first-order valence-electron chi connectivity index (χ1n) is 8.35. The molecule has 2 heterocycles. The molecule has 132 valence electrons. The van der Waals surface area contributed by atoms with E-state index in [4.69, 9.17) is 0 Å². The normalized spacial score (nSPS) is 20.5. The van der Waals surface area contributed by atoms with Gasteiger partial charge in [-0.1, -0.05) is 18.2 Å². The van der Waals surface area contributed by atoms with E-state index < -0.39 is 5.41 Å². The average molecular weight is 344 g/mol. The molecule has 2 N–H and O–H groups in total. The third-order valence-electron chi connectivity index (χ3n) is 4.84.